The smallest absolute Gasteiger partial charge is 0.325 e. The summed E-state index contributed by atoms with van der Waals surface area (Å²) in [5.41, 5.74) is 5.62. The van der Waals surface area contributed by atoms with Crippen LogP contribution in [0.25, 0.3) is 5.69 Å². The summed E-state index contributed by atoms with van der Waals surface area (Å²) in [5, 5.41) is 4.06. The molecule has 0 aliphatic rings. The zero-order valence-corrected chi connectivity index (χ0v) is 9.83. The molecule has 0 saturated heterocycles. The highest BCUT2D eigenvalue weighted by Gasteiger charge is 2.31. The Bertz CT molecular complexity index is 563. The third-order valence-corrected chi connectivity index (χ3v) is 2.68. The van der Waals surface area contributed by atoms with Crippen LogP contribution < -0.4 is 5.73 Å². The van der Waals surface area contributed by atoms with Crippen LogP contribution in [0.1, 0.15) is 11.3 Å². The Kier molecular flexibility index (Phi) is 3.32. The highest BCUT2D eigenvalue weighted by atomic mass is 35.5. The van der Waals surface area contributed by atoms with Gasteiger partial charge in [-0.05, 0) is 24.3 Å². The third kappa shape index (κ3) is 2.49. The van der Waals surface area contributed by atoms with E-state index in [0.717, 1.165) is 12.1 Å². The number of nitrogens with two attached hydrogens (primary N) is 1. The van der Waals surface area contributed by atoms with E-state index >= 15 is 0 Å². The minimum absolute atomic E-state index is 0.0171. The predicted molar refractivity (Wildman–Crippen MR) is 61.5 cm³/mol. The van der Waals surface area contributed by atoms with Gasteiger partial charge in [0.05, 0.1) is 22.0 Å². The lowest BCUT2D eigenvalue weighted by Crippen LogP contribution is -2.06. The molecule has 0 amide bonds. The molecule has 1 aromatic carbocycles. The molecular weight excluding hydrogens is 267 g/mol. The van der Waals surface area contributed by atoms with E-state index in [2.05, 4.69) is 5.10 Å². The summed E-state index contributed by atoms with van der Waals surface area (Å²) >= 11 is 5.83. The molecule has 0 unspecified atom stereocenters. The first kappa shape index (κ1) is 12.9. The van der Waals surface area contributed by atoms with Crippen LogP contribution in [0.5, 0.6) is 0 Å². The van der Waals surface area contributed by atoms with Crippen LogP contribution in [0.3, 0.4) is 0 Å². The Balaban J connectivity index is 2.41. The first-order valence-electron chi connectivity index (χ1n) is 5.03. The number of halogens is 4. The van der Waals surface area contributed by atoms with Crippen molar-refractivity contribution in [2.24, 2.45) is 5.73 Å². The maximum absolute atomic E-state index is 12.5. The Morgan fingerprint density at radius 3 is 2.50 bits per heavy atom. The molecule has 1 aromatic heterocycles. The van der Waals surface area contributed by atoms with Crippen molar-refractivity contribution in [2.75, 3.05) is 0 Å². The molecule has 2 N–H and O–H groups in total. The van der Waals surface area contributed by atoms with Crippen molar-refractivity contribution < 1.29 is 13.2 Å². The zero-order valence-electron chi connectivity index (χ0n) is 9.08. The number of aromatic nitrogens is 2. The number of alkyl halides is 3. The maximum atomic E-state index is 12.5. The van der Waals surface area contributed by atoms with E-state index < -0.39 is 11.7 Å². The van der Waals surface area contributed by atoms with Crippen LogP contribution in [0.4, 0.5) is 13.2 Å². The molecule has 0 aliphatic carbocycles. The van der Waals surface area contributed by atoms with Crippen LogP contribution in [-0.2, 0) is 12.7 Å². The standard InChI is InChI=1S/C11H9ClF3N3/c12-9-5-7(11(13,14)15)1-2-10(9)18-4-3-8(6-16)17-18/h1-5H,6,16H2. The first-order chi connectivity index (χ1) is 8.41. The number of hydrogen-bond donors (Lipinski definition) is 1. The average molecular weight is 276 g/mol. The summed E-state index contributed by atoms with van der Waals surface area (Å²) in [6, 6.07) is 4.79. The summed E-state index contributed by atoms with van der Waals surface area (Å²) < 4.78 is 38.8. The molecule has 0 bridgehead atoms. The van der Waals surface area contributed by atoms with Crippen molar-refractivity contribution in [1.29, 1.82) is 0 Å². The van der Waals surface area contributed by atoms with Crippen LogP contribution in [0.15, 0.2) is 30.5 Å². The van der Waals surface area contributed by atoms with Gasteiger partial charge in [-0.1, -0.05) is 11.6 Å². The topological polar surface area (TPSA) is 43.8 Å². The van der Waals surface area contributed by atoms with Crippen LogP contribution in [0.2, 0.25) is 5.02 Å². The van der Waals surface area contributed by atoms with Gasteiger partial charge in [0.25, 0.3) is 0 Å². The number of hydrogen-bond acceptors (Lipinski definition) is 2. The predicted octanol–water partition coefficient (Wildman–Crippen LogP) is 3.00. The first-order valence-corrected chi connectivity index (χ1v) is 5.41. The fraction of sp³-hybridized carbons (Fsp3) is 0.182. The van der Waals surface area contributed by atoms with Gasteiger partial charge in [0.1, 0.15) is 0 Å². The zero-order chi connectivity index (χ0) is 13.3. The molecule has 18 heavy (non-hydrogen) atoms. The summed E-state index contributed by atoms with van der Waals surface area (Å²) in [6.45, 7) is 0.255. The molecular formula is C11H9ClF3N3. The second-order valence-corrected chi connectivity index (χ2v) is 4.03. The van der Waals surface area contributed by atoms with Gasteiger partial charge in [-0.15, -0.1) is 0 Å². The van der Waals surface area contributed by atoms with Gasteiger partial charge in [-0.25, -0.2) is 4.68 Å². The van der Waals surface area contributed by atoms with Gasteiger partial charge in [-0.3, -0.25) is 0 Å². The maximum Gasteiger partial charge on any atom is 0.416 e. The van der Waals surface area contributed by atoms with E-state index in [0.29, 0.717) is 11.4 Å². The SMILES string of the molecule is NCc1ccn(-c2ccc(C(F)(F)F)cc2Cl)n1. The second kappa shape index (κ2) is 4.62. The molecule has 0 radical (unpaired) electrons. The molecule has 3 nitrogen and oxygen atoms in total. The summed E-state index contributed by atoms with van der Waals surface area (Å²) in [5.74, 6) is 0. The van der Waals surface area contributed by atoms with Crippen molar-refractivity contribution in [3.63, 3.8) is 0 Å². The highest BCUT2D eigenvalue weighted by molar-refractivity contribution is 6.32. The average Bonchev–Trinajstić information content (AvgIpc) is 2.76. The number of nitrogens with zero attached hydrogens (tertiary/aromatic N) is 2. The van der Waals surface area contributed by atoms with E-state index in [4.69, 9.17) is 17.3 Å². The van der Waals surface area contributed by atoms with Gasteiger partial charge in [0, 0.05) is 12.7 Å². The van der Waals surface area contributed by atoms with Crippen LogP contribution >= 0.6 is 11.6 Å². The lowest BCUT2D eigenvalue weighted by atomic mass is 10.2. The Morgan fingerprint density at radius 1 is 1.28 bits per heavy atom. The van der Waals surface area contributed by atoms with Crippen LogP contribution in [-0.4, -0.2) is 9.78 Å². The van der Waals surface area contributed by atoms with E-state index in [1.165, 1.54) is 10.7 Å². The molecule has 0 spiro atoms. The largest absolute Gasteiger partial charge is 0.416 e. The second-order valence-electron chi connectivity index (χ2n) is 3.62. The summed E-state index contributed by atoms with van der Waals surface area (Å²) in [4.78, 5) is 0. The van der Waals surface area contributed by atoms with Gasteiger partial charge in [-0.2, -0.15) is 18.3 Å². The highest BCUT2D eigenvalue weighted by Crippen LogP contribution is 2.32. The molecule has 96 valence electrons. The third-order valence-electron chi connectivity index (χ3n) is 2.38. The lowest BCUT2D eigenvalue weighted by Gasteiger charge is -2.09. The minimum Gasteiger partial charge on any atom is -0.325 e. The van der Waals surface area contributed by atoms with E-state index in [1.54, 1.807) is 12.3 Å². The van der Waals surface area contributed by atoms with Crippen molar-refractivity contribution in [3.05, 3.63) is 46.7 Å². The van der Waals surface area contributed by atoms with Crippen molar-refractivity contribution in [1.82, 2.24) is 9.78 Å². The number of benzene rings is 1. The Labute approximate surface area is 106 Å². The van der Waals surface area contributed by atoms with E-state index in [9.17, 15) is 13.2 Å². The molecule has 0 atom stereocenters. The fourth-order valence-corrected chi connectivity index (χ4v) is 1.74. The summed E-state index contributed by atoms with van der Waals surface area (Å²) in [7, 11) is 0. The monoisotopic (exact) mass is 275 g/mol. The molecule has 0 fully saturated rings. The molecule has 0 saturated carbocycles. The van der Waals surface area contributed by atoms with Crippen molar-refractivity contribution >= 4 is 11.6 Å². The Morgan fingerprint density at radius 2 is 2.00 bits per heavy atom. The minimum atomic E-state index is -4.41. The van der Waals surface area contributed by atoms with Crippen LogP contribution in [0, 0.1) is 0 Å². The van der Waals surface area contributed by atoms with Gasteiger partial charge < -0.3 is 5.73 Å². The van der Waals surface area contributed by atoms with Gasteiger partial charge >= 0.3 is 6.18 Å². The number of rotatable bonds is 2. The molecule has 1 heterocycles. The van der Waals surface area contributed by atoms with Gasteiger partial charge in [0.15, 0.2) is 0 Å². The van der Waals surface area contributed by atoms with E-state index in [-0.39, 0.29) is 11.6 Å². The molecule has 2 rings (SSSR count). The fourth-order valence-electron chi connectivity index (χ4n) is 1.47. The van der Waals surface area contributed by atoms with E-state index in [1.807, 2.05) is 0 Å². The van der Waals surface area contributed by atoms with Crippen molar-refractivity contribution in [2.45, 2.75) is 12.7 Å². The molecule has 7 heteroatoms. The quantitative estimate of drug-likeness (QED) is 0.916. The summed E-state index contributed by atoms with van der Waals surface area (Å²) in [6.07, 6.45) is -2.81. The van der Waals surface area contributed by atoms with Gasteiger partial charge in [0.2, 0.25) is 0 Å². The lowest BCUT2D eigenvalue weighted by molar-refractivity contribution is -0.137. The molecule has 2 aromatic rings. The van der Waals surface area contributed by atoms with Crippen molar-refractivity contribution in [3.8, 4) is 5.69 Å². The molecule has 0 aliphatic heterocycles. The Hall–Kier alpha value is -1.53. The normalized spacial score (nSPS) is 11.8.